The number of nitrogens with one attached hydrogen (secondary N) is 1. The van der Waals surface area contributed by atoms with Crippen LogP contribution >= 0.6 is 0 Å². The van der Waals surface area contributed by atoms with Gasteiger partial charge in [-0.2, -0.15) is 0 Å². The van der Waals surface area contributed by atoms with Crippen molar-refractivity contribution < 1.29 is 19.4 Å². The number of ether oxygens (including phenoxy) is 1. The van der Waals surface area contributed by atoms with Crippen molar-refractivity contribution in [3.63, 3.8) is 0 Å². The highest BCUT2D eigenvalue weighted by atomic mass is 16.5. The van der Waals surface area contributed by atoms with Crippen molar-refractivity contribution in [2.45, 2.75) is 39.2 Å². The minimum Gasteiger partial charge on any atom is -0.394 e. The van der Waals surface area contributed by atoms with Gasteiger partial charge in [-0.05, 0) is 32.8 Å². The van der Waals surface area contributed by atoms with Crippen molar-refractivity contribution in [2.24, 2.45) is 0 Å². The monoisotopic (exact) mass is 333 g/mol. The quantitative estimate of drug-likeness (QED) is 0.722. The first-order chi connectivity index (χ1) is 11.5. The molecule has 1 atom stereocenters. The normalized spacial score (nSPS) is 29.2. The highest BCUT2D eigenvalue weighted by Crippen LogP contribution is 2.06. The molecule has 5 heteroatoms. The number of aliphatic hydroxyl groups is 1. The Bertz CT molecular complexity index is 544. The molecule has 0 aliphatic carbocycles. The summed E-state index contributed by atoms with van der Waals surface area (Å²) in [4.78, 5) is 23.6. The molecule has 1 aliphatic rings. The maximum atomic E-state index is 11.9. The van der Waals surface area contributed by atoms with Crippen molar-refractivity contribution in [3.05, 3.63) is 47.6 Å². The van der Waals surface area contributed by atoms with Gasteiger partial charge in [-0.3, -0.25) is 9.59 Å². The van der Waals surface area contributed by atoms with Crippen LogP contribution in [0.1, 0.15) is 33.1 Å². The topological polar surface area (TPSA) is 75.6 Å². The zero-order valence-corrected chi connectivity index (χ0v) is 14.5. The van der Waals surface area contributed by atoms with Gasteiger partial charge in [0.25, 0.3) is 0 Å². The lowest BCUT2D eigenvalue weighted by atomic mass is 10.1. The minimum atomic E-state index is -0.327. The molecule has 0 spiro atoms. The zero-order chi connectivity index (χ0) is 17.8. The lowest BCUT2D eigenvalue weighted by Gasteiger charge is -2.15. The summed E-state index contributed by atoms with van der Waals surface area (Å²) in [5.74, 6) is -0.242. The van der Waals surface area contributed by atoms with Crippen LogP contribution in [-0.4, -0.2) is 42.7 Å². The van der Waals surface area contributed by atoms with Gasteiger partial charge >= 0.3 is 0 Å². The van der Waals surface area contributed by atoms with Crippen molar-refractivity contribution in [3.8, 4) is 0 Å². The van der Waals surface area contributed by atoms with Gasteiger partial charge in [0.05, 0.1) is 25.9 Å². The van der Waals surface area contributed by atoms with Crippen molar-refractivity contribution in [1.82, 2.24) is 5.32 Å². The van der Waals surface area contributed by atoms with E-state index >= 15 is 0 Å². The van der Waals surface area contributed by atoms with Gasteiger partial charge in [0.1, 0.15) is 0 Å². The number of carbonyl (C=O) groups is 2. The SMILES string of the molecule is C/C1=C/C=C/C(=O)N[C@@H](CO)C/C(C)=C/COCC/C=C/C(=O)C1. The molecule has 5 nitrogen and oxygen atoms in total. The molecule has 1 heterocycles. The molecule has 1 rings (SSSR count). The van der Waals surface area contributed by atoms with Gasteiger partial charge in [0.15, 0.2) is 5.78 Å². The number of allylic oxidation sites excluding steroid dienone is 4. The Labute approximate surface area is 143 Å². The summed E-state index contributed by atoms with van der Waals surface area (Å²) in [5.41, 5.74) is 1.92. The molecule has 0 bridgehead atoms. The highest BCUT2D eigenvalue weighted by molar-refractivity contribution is 5.91. The molecule has 0 aromatic carbocycles. The van der Waals surface area contributed by atoms with E-state index in [4.69, 9.17) is 4.74 Å². The molecule has 0 unspecified atom stereocenters. The van der Waals surface area contributed by atoms with Gasteiger partial charge in [0, 0.05) is 12.5 Å². The molecule has 1 amide bonds. The number of carbonyl (C=O) groups excluding carboxylic acids is 2. The number of hydrogen-bond donors (Lipinski definition) is 2. The maximum absolute atomic E-state index is 11.9. The lowest BCUT2D eigenvalue weighted by Crippen LogP contribution is -2.36. The molecule has 0 aromatic heterocycles. The van der Waals surface area contributed by atoms with Gasteiger partial charge < -0.3 is 15.2 Å². The Morgan fingerprint density at radius 3 is 2.79 bits per heavy atom. The van der Waals surface area contributed by atoms with Crippen molar-refractivity contribution in [1.29, 1.82) is 0 Å². The number of amides is 1. The first-order valence-electron chi connectivity index (χ1n) is 8.19. The summed E-state index contributed by atoms with van der Waals surface area (Å²) in [6.45, 7) is 4.68. The van der Waals surface area contributed by atoms with Crippen molar-refractivity contribution in [2.75, 3.05) is 19.8 Å². The van der Waals surface area contributed by atoms with Crippen LogP contribution in [0.2, 0.25) is 0 Å². The van der Waals surface area contributed by atoms with Crippen LogP contribution < -0.4 is 5.32 Å². The molecule has 24 heavy (non-hydrogen) atoms. The van der Waals surface area contributed by atoms with Crippen LogP contribution in [0.5, 0.6) is 0 Å². The summed E-state index contributed by atoms with van der Waals surface area (Å²) in [6, 6.07) is -0.327. The molecule has 2 N–H and O–H groups in total. The van der Waals surface area contributed by atoms with E-state index in [2.05, 4.69) is 5.32 Å². The summed E-state index contributed by atoms with van der Waals surface area (Å²) < 4.78 is 5.48. The zero-order valence-electron chi connectivity index (χ0n) is 14.5. The number of ketones is 1. The van der Waals surface area contributed by atoms with E-state index in [0.717, 1.165) is 11.1 Å². The molecule has 0 saturated heterocycles. The van der Waals surface area contributed by atoms with Crippen LogP contribution in [0.3, 0.4) is 0 Å². The van der Waals surface area contributed by atoms with E-state index in [1.807, 2.05) is 26.0 Å². The van der Waals surface area contributed by atoms with Gasteiger partial charge in [-0.15, -0.1) is 0 Å². The Balaban J connectivity index is 2.79. The molecule has 0 radical (unpaired) electrons. The molecule has 132 valence electrons. The molecule has 0 aromatic rings. The van der Waals surface area contributed by atoms with Crippen LogP contribution in [0.15, 0.2) is 47.6 Å². The van der Waals surface area contributed by atoms with E-state index in [1.165, 1.54) is 6.08 Å². The summed E-state index contributed by atoms with van der Waals surface area (Å²) in [5, 5.41) is 12.2. The molecular weight excluding hydrogens is 306 g/mol. The Morgan fingerprint density at radius 1 is 1.25 bits per heavy atom. The third-order valence-electron chi connectivity index (χ3n) is 3.50. The Hall–Kier alpha value is -1.98. The van der Waals surface area contributed by atoms with E-state index < -0.39 is 0 Å². The van der Waals surface area contributed by atoms with Crippen LogP contribution in [0.25, 0.3) is 0 Å². The molecular formula is C19H27NO4. The second-order valence-corrected chi connectivity index (χ2v) is 5.92. The van der Waals surface area contributed by atoms with Crippen LogP contribution in [0, 0.1) is 0 Å². The molecule has 1 aliphatic heterocycles. The maximum Gasteiger partial charge on any atom is 0.244 e. The van der Waals surface area contributed by atoms with E-state index in [1.54, 1.807) is 18.2 Å². The van der Waals surface area contributed by atoms with E-state index in [-0.39, 0.29) is 24.3 Å². The number of aliphatic hydroxyl groups excluding tert-OH is 1. The van der Waals surface area contributed by atoms with Crippen LogP contribution in [-0.2, 0) is 14.3 Å². The highest BCUT2D eigenvalue weighted by Gasteiger charge is 2.10. The minimum absolute atomic E-state index is 0.0267. The predicted octanol–water partition coefficient (Wildman–Crippen LogP) is 2.24. The first kappa shape index (κ1) is 20.1. The fourth-order valence-electron chi connectivity index (χ4n) is 2.23. The molecule has 0 fully saturated rings. The third kappa shape index (κ3) is 9.22. The second-order valence-electron chi connectivity index (χ2n) is 5.92. The Kier molecular flexibility index (Phi) is 9.65. The van der Waals surface area contributed by atoms with Gasteiger partial charge in [-0.25, -0.2) is 0 Å². The van der Waals surface area contributed by atoms with E-state index in [0.29, 0.717) is 32.5 Å². The number of rotatable bonds is 1. The standard InChI is InChI=1S/C19H27NO4/c1-15-6-5-8-19(23)20-17(14-21)12-16(2)9-11-24-10-4-3-7-18(22)13-15/h3,5-9,17,21H,4,10-14H2,1-2H3,(H,20,23)/b7-3+,8-5+,15-6-,16-9+/t17-/m1/s1. The molecule has 0 saturated carbocycles. The van der Waals surface area contributed by atoms with Gasteiger partial charge in [0.2, 0.25) is 5.91 Å². The second kappa shape index (κ2) is 11.5. The fraction of sp³-hybridized carbons (Fsp3) is 0.474. The summed E-state index contributed by atoms with van der Waals surface area (Å²) >= 11 is 0. The average molecular weight is 333 g/mol. The largest absolute Gasteiger partial charge is 0.394 e. The third-order valence-corrected chi connectivity index (χ3v) is 3.50. The smallest absolute Gasteiger partial charge is 0.244 e. The van der Waals surface area contributed by atoms with E-state index in [9.17, 15) is 14.7 Å². The first-order valence-corrected chi connectivity index (χ1v) is 8.19. The van der Waals surface area contributed by atoms with Crippen LogP contribution in [0.4, 0.5) is 0 Å². The fourth-order valence-corrected chi connectivity index (χ4v) is 2.23. The predicted molar refractivity (Wildman–Crippen MR) is 94.5 cm³/mol. The lowest BCUT2D eigenvalue weighted by molar-refractivity contribution is -0.117. The summed E-state index contributed by atoms with van der Waals surface area (Å²) in [6.07, 6.45) is 11.7. The summed E-state index contributed by atoms with van der Waals surface area (Å²) in [7, 11) is 0. The van der Waals surface area contributed by atoms with Gasteiger partial charge in [-0.1, -0.05) is 35.5 Å². The average Bonchev–Trinajstić information content (AvgIpc) is 2.52. The Morgan fingerprint density at radius 2 is 2.04 bits per heavy atom. The van der Waals surface area contributed by atoms with Crippen molar-refractivity contribution >= 4 is 11.7 Å². The number of hydrogen-bond acceptors (Lipinski definition) is 4.